The number of amides is 2. The summed E-state index contributed by atoms with van der Waals surface area (Å²) in [6, 6.07) is 10.4. The van der Waals surface area contributed by atoms with E-state index in [0.29, 0.717) is 13.1 Å². The predicted octanol–water partition coefficient (Wildman–Crippen LogP) is 1.29. The van der Waals surface area contributed by atoms with Crippen LogP contribution in [0.4, 0.5) is 4.79 Å². The molecule has 1 aliphatic heterocycles. The molecule has 1 aromatic carbocycles. The van der Waals surface area contributed by atoms with E-state index in [9.17, 15) is 9.00 Å². The van der Waals surface area contributed by atoms with E-state index < -0.39 is 9.73 Å². The van der Waals surface area contributed by atoms with Gasteiger partial charge in [-0.3, -0.25) is 9.11 Å². The zero-order valence-electron chi connectivity index (χ0n) is 13.8. The second-order valence-corrected chi connectivity index (χ2v) is 8.76. The van der Waals surface area contributed by atoms with Gasteiger partial charge in [-0.25, -0.2) is 9.16 Å². The summed E-state index contributed by atoms with van der Waals surface area (Å²) in [5.74, 6) is 0. The molecule has 2 N–H and O–H groups in total. The molecule has 1 fully saturated rings. The highest BCUT2D eigenvalue weighted by molar-refractivity contribution is 7.92. The summed E-state index contributed by atoms with van der Waals surface area (Å²) in [5.41, 5.74) is 1.29. The van der Waals surface area contributed by atoms with E-state index in [2.05, 4.69) is 32.0 Å². The Morgan fingerprint density at radius 3 is 2.78 bits per heavy atom. The van der Waals surface area contributed by atoms with Crippen molar-refractivity contribution in [2.24, 2.45) is 4.36 Å². The molecule has 1 unspecified atom stereocenters. The largest absolute Gasteiger partial charge is 0.336 e. The molecule has 6 nitrogen and oxygen atoms in total. The van der Waals surface area contributed by atoms with Crippen LogP contribution in [0.2, 0.25) is 0 Å². The number of carbonyl (C=O) groups excluding carboxylic acids is 1. The molecule has 0 aromatic heterocycles. The molecular formula is C16H26N4O2S. The maximum atomic E-state index is 11.8. The van der Waals surface area contributed by atoms with Crippen LogP contribution < -0.4 is 10.6 Å². The van der Waals surface area contributed by atoms with Gasteiger partial charge < -0.3 is 10.6 Å². The van der Waals surface area contributed by atoms with Crippen LogP contribution in [-0.4, -0.2) is 59.9 Å². The van der Waals surface area contributed by atoms with E-state index in [1.807, 2.05) is 18.2 Å². The van der Waals surface area contributed by atoms with Crippen LogP contribution >= 0.6 is 0 Å². The molecule has 1 aromatic rings. The Kier molecular flexibility index (Phi) is 6.41. The van der Waals surface area contributed by atoms with Gasteiger partial charge in [0.2, 0.25) is 0 Å². The van der Waals surface area contributed by atoms with Crippen LogP contribution in [0.25, 0.3) is 0 Å². The minimum Gasteiger partial charge on any atom is -0.336 e. The fraction of sp³-hybridized carbons (Fsp3) is 0.562. The number of benzene rings is 1. The lowest BCUT2D eigenvalue weighted by Gasteiger charge is -2.17. The van der Waals surface area contributed by atoms with E-state index in [1.165, 1.54) is 5.56 Å². The van der Waals surface area contributed by atoms with Crippen molar-refractivity contribution in [2.45, 2.75) is 19.0 Å². The SMILES string of the molecule is CS(C)(=O)=NCCNC(=O)NC1CCN(Cc2ccccc2)C1. The van der Waals surface area contributed by atoms with Crippen molar-refractivity contribution in [3.63, 3.8) is 0 Å². The third-order valence-corrected chi connectivity index (χ3v) is 4.46. The highest BCUT2D eigenvalue weighted by Gasteiger charge is 2.23. The Bertz CT molecular complexity index is 618. The summed E-state index contributed by atoms with van der Waals surface area (Å²) in [6.45, 7) is 3.56. The lowest BCUT2D eigenvalue weighted by Crippen LogP contribution is -2.44. The Labute approximate surface area is 138 Å². The molecule has 7 heteroatoms. The van der Waals surface area contributed by atoms with Gasteiger partial charge in [-0.05, 0) is 12.0 Å². The Hall–Kier alpha value is -1.60. The van der Waals surface area contributed by atoms with Gasteiger partial charge in [0.25, 0.3) is 0 Å². The van der Waals surface area contributed by atoms with Crippen molar-refractivity contribution in [1.82, 2.24) is 15.5 Å². The number of nitrogens with one attached hydrogen (secondary N) is 2. The standard InChI is InChI=1S/C16H26N4O2S/c1-23(2,22)18-10-9-17-16(21)19-15-8-11-20(13-15)12-14-6-4-3-5-7-14/h3-7,15H,8-13H2,1-2H3,(H2,17,19,21). The molecule has 2 amide bonds. The van der Waals surface area contributed by atoms with Crippen molar-refractivity contribution in [3.8, 4) is 0 Å². The van der Waals surface area contributed by atoms with E-state index in [0.717, 1.165) is 26.1 Å². The molecule has 1 saturated heterocycles. The molecule has 0 saturated carbocycles. The zero-order chi connectivity index (χ0) is 16.7. The number of carbonyl (C=O) groups is 1. The lowest BCUT2D eigenvalue weighted by molar-refractivity contribution is 0.236. The summed E-state index contributed by atoms with van der Waals surface area (Å²) in [6.07, 6.45) is 4.14. The first-order chi connectivity index (χ1) is 10.9. The number of urea groups is 1. The summed E-state index contributed by atoms with van der Waals surface area (Å²) in [7, 11) is -2.08. The Morgan fingerprint density at radius 1 is 1.35 bits per heavy atom. The van der Waals surface area contributed by atoms with Crippen LogP contribution in [0.15, 0.2) is 34.7 Å². The topological polar surface area (TPSA) is 73.8 Å². The average molecular weight is 338 g/mol. The summed E-state index contributed by atoms with van der Waals surface area (Å²) in [5, 5.41) is 5.75. The third kappa shape index (κ3) is 7.00. The molecule has 0 aliphatic carbocycles. The van der Waals surface area contributed by atoms with Crippen molar-refractivity contribution >= 4 is 15.8 Å². The van der Waals surface area contributed by atoms with Crippen LogP contribution in [0.1, 0.15) is 12.0 Å². The van der Waals surface area contributed by atoms with Gasteiger partial charge in [-0.15, -0.1) is 0 Å². The summed E-state index contributed by atoms with van der Waals surface area (Å²) < 4.78 is 15.4. The highest BCUT2D eigenvalue weighted by Crippen LogP contribution is 2.13. The van der Waals surface area contributed by atoms with Crippen LogP contribution in [-0.2, 0) is 16.3 Å². The van der Waals surface area contributed by atoms with Gasteiger partial charge in [-0.1, -0.05) is 30.3 Å². The van der Waals surface area contributed by atoms with Crippen molar-refractivity contribution in [3.05, 3.63) is 35.9 Å². The van der Waals surface area contributed by atoms with E-state index >= 15 is 0 Å². The maximum absolute atomic E-state index is 11.8. The predicted molar refractivity (Wildman–Crippen MR) is 93.9 cm³/mol. The summed E-state index contributed by atoms with van der Waals surface area (Å²) >= 11 is 0. The van der Waals surface area contributed by atoms with Gasteiger partial charge in [0, 0.05) is 54.5 Å². The van der Waals surface area contributed by atoms with E-state index in [-0.39, 0.29) is 12.1 Å². The fourth-order valence-electron chi connectivity index (χ4n) is 2.61. The van der Waals surface area contributed by atoms with Gasteiger partial charge in [0.1, 0.15) is 0 Å². The number of hydrogen-bond acceptors (Lipinski definition) is 4. The van der Waals surface area contributed by atoms with E-state index in [1.54, 1.807) is 12.5 Å². The fourth-order valence-corrected chi connectivity index (χ4v) is 3.14. The second-order valence-electron chi connectivity index (χ2n) is 6.14. The average Bonchev–Trinajstić information content (AvgIpc) is 2.91. The molecule has 0 bridgehead atoms. The van der Waals surface area contributed by atoms with Crippen LogP contribution in [0.5, 0.6) is 0 Å². The van der Waals surface area contributed by atoms with Crippen LogP contribution in [0, 0.1) is 0 Å². The first-order valence-corrected chi connectivity index (χ1v) is 10.2. The summed E-state index contributed by atoms with van der Waals surface area (Å²) in [4.78, 5) is 14.2. The Morgan fingerprint density at radius 2 is 2.09 bits per heavy atom. The minimum atomic E-state index is -2.08. The van der Waals surface area contributed by atoms with Gasteiger partial charge in [0.15, 0.2) is 0 Å². The maximum Gasteiger partial charge on any atom is 0.315 e. The van der Waals surface area contributed by atoms with Crippen LogP contribution in [0.3, 0.4) is 0 Å². The third-order valence-electron chi connectivity index (χ3n) is 3.66. The van der Waals surface area contributed by atoms with Crippen molar-refractivity contribution in [2.75, 3.05) is 38.7 Å². The monoisotopic (exact) mass is 338 g/mol. The number of hydrogen-bond donors (Lipinski definition) is 2. The molecular weight excluding hydrogens is 312 g/mol. The quantitative estimate of drug-likeness (QED) is 0.768. The molecule has 0 spiro atoms. The first kappa shape index (κ1) is 17.7. The number of likely N-dealkylation sites (tertiary alicyclic amines) is 1. The number of nitrogens with zero attached hydrogens (tertiary/aromatic N) is 2. The lowest BCUT2D eigenvalue weighted by atomic mass is 10.2. The molecule has 2 rings (SSSR count). The molecule has 0 radical (unpaired) electrons. The van der Waals surface area contributed by atoms with Crippen molar-refractivity contribution < 1.29 is 9.00 Å². The molecule has 1 heterocycles. The molecule has 23 heavy (non-hydrogen) atoms. The zero-order valence-corrected chi connectivity index (χ0v) is 14.6. The van der Waals surface area contributed by atoms with Gasteiger partial charge in [0.05, 0.1) is 6.54 Å². The highest BCUT2D eigenvalue weighted by atomic mass is 32.2. The van der Waals surface area contributed by atoms with Gasteiger partial charge >= 0.3 is 6.03 Å². The smallest absolute Gasteiger partial charge is 0.315 e. The Balaban J connectivity index is 1.67. The molecule has 128 valence electrons. The molecule has 1 aliphatic rings. The second kappa shape index (κ2) is 8.31. The molecule has 1 atom stereocenters. The normalized spacial score (nSPS) is 18.6. The minimum absolute atomic E-state index is 0.175. The van der Waals surface area contributed by atoms with Gasteiger partial charge in [-0.2, -0.15) is 0 Å². The first-order valence-electron chi connectivity index (χ1n) is 7.86. The number of rotatable bonds is 6. The van der Waals surface area contributed by atoms with E-state index in [4.69, 9.17) is 0 Å². The van der Waals surface area contributed by atoms with Crippen molar-refractivity contribution in [1.29, 1.82) is 0 Å².